The maximum Gasteiger partial charge on any atom is 0.220 e. The first-order valence-electron chi connectivity index (χ1n) is 7.98. The van der Waals surface area contributed by atoms with Crippen molar-refractivity contribution in [2.45, 2.75) is 64.5 Å². The normalized spacial score (nSPS) is 22.0. The number of carbonyl (C=O) groups excluding carboxylic acids is 1. The van der Waals surface area contributed by atoms with E-state index in [0.29, 0.717) is 6.42 Å². The first-order valence-corrected chi connectivity index (χ1v) is 7.98. The van der Waals surface area contributed by atoms with Gasteiger partial charge in [0.25, 0.3) is 0 Å². The highest BCUT2D eigenvalue weighted by atomic mass is 16.5. The molecule has 0 bridgehead atoms. The lowest BCUT2D eigenvalue weighted by molar-refractivity contribution is -0.123. The second-order valence-corrected chi connectivity index (χ2v) is 6.16. The highest BCUT2D eigenvalue weighted by molar-refractivity contribution is 5.76. The van der Waals surface area contributed by atoms with E-state index in [4.69, 9.17) is 4.74 Å². The molecular weight excluding hydrogens is 262 g/mol. The first kappa shape index (κ1) is 16.0. The molecule has 1 amide bonds. The lowest BCUT2D eigenvalue weighted by atomic mass is 9.92. The average Bonchev–Trinajstić information content (AvgIpc) is 2.47. The Hall–Kier alpha value is -1.35. The van der Waals surface area contributed by atoms with Gasteiger partial charge in [0.15, 0.2) is 0 Å². The molecule has 0 unspecified atom stereocenters. The Bertz CT molecular complexity index is 484. The molecule has 1 aliphatic carbocycles. The Morgan fingerprint density at radius 1 is 1.29 bits per heavy atom. The predicted molar refractivity (Wildman–Crippen MR) is 85.4 cm³/mol. The minimum atomic E-state index is 0.143. The van der Waals surface area contributed by atoms with Crippen LogP contribution in [0.4, 0.5) is 0 Å². The Balaban J connectivity index is 1.84. The van der Waals surface area contributed by atoms with Crippen molar-refractivity contribution in [3.05, 3.63) is 34.9 Å². The summed E-state index contributed by atoms with van der Waals surface area (Å²) < 4.78 is 5.48. The number of benzene rings is 1. The van der Waals surface area contributed by atoms with Crippen LogP contribution >= 0.6 is 0 Å². The van der Waals surface area contributed by atoms with Gasteiger partial charge in [-0.1, -0.05) is 36.6 Å². The van der Waals surface area contributed by atoms with E-state index in [0.717, 1.165) is 19.3 Å². The van der Waals surface area contributed by atoms with Crippen LogP contribution in [0.5, 0.6) is 0 Å². The summed E-state index contributed by atoms with van der Waals surface area (Å²) >= 11 is 0. The molecule has 0 aromatic heterocycles. The van der Waals surface area contributed by atoms with Gasteiger partial charge in [0.2, 0.25) is 5.91 Å². The van der Waals surface area contributed by atoms with E-state index in [1.807, 2.05) is 0 Å². The minimum absolute atomic E-state index is 0.143. The number of carbonyl (C=O) groups is 1. The summed E-state index contributed by atoms with van der Waals surface area (Å²) in [4.78, 5) is 12.2. The molecular formula is C18H27NO2. The van der Waals surface area contributed by atoms with E-state index in [-0.39, 0.29) is 18.1 Å². The third-order valence-electron chi connectivity index (χ3n) is 4.47. The number of ether oxygens (including phenoxy) is 1. The predicted octanol–water partition coefficient (Wildman–Crippen LogP) is 3.31. The summed E-state index contributed by atoms with van der Waals surface area (Å²) in [5.74, 6) is 0.143. The molecule has 1 N–H and O–H groups in total. The zero-order valence-electron chi connectivity index (χ0n) is 13.4. The number of methoxy groups -OCH3 is 1. The van der Waals surface area contributed by atoms with Gasteiger partial charge in [0.05, 0.1) is 12.1 Å². The summed E-state index contributed by atoms with van der Waals surface area (Å²) in [6.45, 7) is 4.21. The zero-order chi connectivity index (χ0) is 15.2. The number of aryl methyl sites for hydroxylation is 3. The number of hydrogen-bond acceptors (Lipinski definition) is 2. The second kappa shape index (κ2) is 7.60. The third kappa shape index (κ3) is 4.57. The summed E-state index contributed by atoms with van der Waals surface area (Å²) in [7, 11) is 1.74. The smallest absolute Gasteiger partial charge is 0.220 e. The first-order chi connectivity index (χ1) is 10.1. The number of hydrogen-bond donors (Lipinski definition) is 1. The van der Waals surface area contributed by atoms with Gasteiger partial charge in [-0.3, -0.25) is 4.79 Å². The SMILES string of the molecule is CO[C@H]1CCCC[C@@H]1NC(=O)CCc1ccc(C)cc1C. The van der Waals surface area contributed by atoms with Crippen molar-refractivity contribution in [3.8, 4) is 0 Å². The van der Waals surface area contributed by atoms with Gasteiger partial charge >= 0.3 is 0 Å². The summed E-state index contributed by atoms with van der Waals surface area (Å²) in [5.41, 5.74) is 3.81. The topological polar surface area (TPSA) is 38.3 Å². The van der Waals surface area contributed by atoms with Crippen LogP contribution in [0.15, 0.2) is 18.2 Å². The molecule has 2 rings (SSSR count). The fourth-order valence-corrected chi connectivity index (χ4v) is 3.20. The van der Waals surface area contributed by atoms with Gasteiger partial charge in [-0.2, -0.15) is 0 Å². The average molecular weight is 289 g/mol. The van der Waals surface area contributed by atoms with Gasteiger partial charge in [-0.25, -0.2) is 0 Å². The number of nitrogens with one attached hydrogen (secondary N) is 1. The molecule has 1 aromatic carbocycles. The third-order valence-corrected chi connectivity index (χ3v) is 4.47. The van der Waals surface area contributed by atoms with E-state index in [1.54, 1.807) is 7.11 Å². The molecule has 1 aliphatic rings. The van der Waals surface area contributed by atoms with Crippen LogP contribution in [0.1, 0.15) is 48.8 Å². The van der Waals surface area contributed by atoms with Crippen LogP contribution in [0.3, 0.4) is 0 Å². The molecule has 21 heavy (non-hydrogen) atoms. The fourth-order valence-electron chi connectivity index (χ4n) is 3.20. The lowest BCUT2D eigenvalue weighted by Gasteiger charge is -2.31. The van der Waals surface area contributed by atoms with Crippen molar-refractivity contribution < 1.29 is 9.53 Å². The molecule has 0 aliphatic heterocycles. The van der Waals surface area contributed by atoms with Crippen molar-refractivity contribution in [2.24, 2.45) is 0 Å². The largest absolute Gasteiger partial charge is 0.379 e. The van der Waals surface area contributed by atoms with Gasteiger partial charge in [0, 0.05) is 13.5 Å². The van der Waals surface area contributed by atoms with Crippen LogP contribution in [0, 0.1) is 13.8 Å². The van der Waals surface area contributed by atoms with E-state index in [9.17, 15) is 4.79 Å². The molecule has 3 nitrogen and oxygen atoms in total. The van der Waals surface area contributed by atoms with Crippen LogP contribution in [-0.4, -0.2) is 25.2 Å². The van der Waals surface area contributed by atoms with Crippen molar-refractivity contribution >= 4 is 5.91 Å². The van der Waals surface area contributed by atoms with Gasteiger partial charge in [0.1, 0.15) is 0 Å². The molecule has 0 saturated heterocycles. The molecule has 0 radical (unpaired) electrons. The van der Waals surface area contributed by atoms with E-state index in [1.165, 1.54) is 29.5 Å². The van der Waals surface area contributed by atoms with Gasteiger partial charge < -0.3 is 10.1 Å². The maximum absolute atomic E-state index is 12.2. The zero-order valence-corrected chi connectivity index (χ0v) is 13.4. The van der Waals surface area contributed by atoms with Crippen molar-refractivity contribution in [2.75, 3.05) is 7.11 Å². The van der Waals surface area contributed by atoms with Crippen molar-refractivity contribution in [1.29, 1.82) is 0 Å². The molecule has 2 atom stereocenters. The van der Waals surface area contributed by atoms with Crippen LogP contribution in [-0.2, 0) is 16.0 Å². The summed E-state index contributed by atoms with van der Waals surface area (Å²) in [6, 6.07) is 6.61. The number of rotatable bonds is 5. The maximum atomic E-state index is 12.2. The molecule has 1 fully saturated rings. The highest BCUT2D eigenvalue weighted by Crippen LogP contribution is 2.21. The van der Waals surface area contributed by atoms with Crippen LogP contribution in [0.25, 0.3) is 0 Å². The van der Waals surface area contributed by atoms with Gasteiger partial charge in [-0.15, -0.1) is 0 Å². The fraction of sp³-hybridized carbons (Fsp3) is 0.611. The van der Waals surface area contributed by atoms with Crippen LogP contribution in [0.2, 0.25) is 0 Å². The highest BCUT2D eigenvalue weighted by Gasteiger charge is 2.25. The summed E-state index contributed by atoms with van der Waals surface area (Å²) in [6.07, 6.45) is 6.02. The number of amides is 1. The molecule has 1 saturated carbocycles. The second-order valence-electron chi connectivity index (χ2n) is 6.16. The Morgan fingerprint density at radius 3 is 2.76 bits per heavy atom. The molecule has 116 valence electrons. The quantitative estimate of drug-likeness (QED) is 0.903. The molecule has 3 heteroatoms. The Morgan fingerprint density at radius 2 is 2.05 bits per heavy atom. The summed E-state index contributed by atoms with van der Waals surface area (Å²) in [5, 5.41) is 3.16. The lowest BCUT2D eigenvalue weighted by Crippen LogP contribution is -2.46. The van der Waals surface area contributed by atoms with E-state index >= 15 is 0 Å². The Labute approximate surface area is 128 Å². The van der Waals surface area contributed by atoms with Crippen LogP contribution < -0.4 is 5.32 Å². The molecule has 0 spiro atoms. The van der Waals surface area contributed by atoms with E-state index in [2.05, 4.69) is 37.4 Å². The molecule has 0 heterocycles. The van der Waals surface area contributed by atoms with E-state index < -0.39 is 0 Å². The standard InChI is InChI=1S/C18H27NO2/c1-13-8-9-15(14(2)12-13)10-11-18(20)19-16-6-4-5-7-17(16)21-3/h8-9,12,16-17H,4-7,10-11H2,1-3H3,(H,19,20)/t16-,17-/m0/s1. The monoisotopic (exact) mass is 289 g/mol. The minimum Gasteiger partial charge on any atom is -0.379 e. The van der Waals surface area contributed by atoms with Gasteiger partial charge in [-0.05, 0) is 44.2 Å². The molecule has 1 aromatic rings. The van der Waals surface area contributed by atoms with Crippen molar-refractivity contribution in [3.63, 3.8) is 0 Å². The van der Waals surface area contributed by atoms with Crippen molar-refractivity contribution in [1.82, 2.24) is 5.32 Å². The Kier molecular flexibility index (Phi) is 5.80.